The zero-order chi connectivity index (χ0) is 23.6. The van der Waals surface area contributed by atoms with E-state index in [-0.39, 0.29) is 21.5 Å². The Morgan fingerprint density at radius 1 is 1.21 bits per heavy atom. The van der Waals surface area contributed by atoms with E-state index in [9.17, 15) is 18.0 Å². The molecule has 0 saturated heterocycles. The Morgan fingerprint density at radius 3 is 2.79 bits per heavy atom. The van der Waals surface area contributed by atoms with Crippen LogP contribution in [-0.2, 0) is 26.2 Å². The monoisotopic (exact) mass is 542 g/mol. The lowest BCUT2D eigenvalue weighted by molar-refractivity contribution is -0.129. The van der Waals surface area contributed by atoms with Crippen LogP contribution in [0.5, 0.6) is 0 Å². The van der Waals surface area contributed by atoms with Gasteiger partial charge in [-0.3, -0.25) is 13.9 Å². The van der Waals surface area contributed by atoms with E-state index in [2.05, 4.69) is 15.6 Å². The van der Waals surface area contributed by atoms with Gasteiger partial charge in [-0.15, -0.1) is 22.7 Å². The van der Waals surface area contributed by atoms with Crippen LogP contribution in [0.4, 0.5) is 0 Å². The molecule has 2 aromatic heterocycles. The van der Waals surface area contributed by atoms with Crippen molar-refractivity contribution in [3.8, 4) is 9.88 Å². The molecule has 8 nitrogen and oxygen atoms in total. The maximum Gasteiger partial charge on any atom is 0.266 e. The van der Waals surface area contributed by atoms with Crippen LogP contribution in [0.15, 0.2) is 58.4 Å². The largest absolute Gasteiger partial charge is 0.350 e. The fraction of sp³-hybridized carbons (Fsp3) is 0.150. The van der Waals surface area contributed by atoms with Crippen molar-refractivity contribution in [3.63, 3.8) is 0 Å². The maximum atomic E-state index is 13.2. The van der Waals surface area contributed by atoms with Crippen molar-refractivity contribution in [1.29, 1.82) is 0 Å². The van der Waals surface area contributed by atoms with E-state index in [1.807, 2.05) is 22.9 Å². The second-order valence-electron chi connectivity index (χ2n) is 6.83. The minimum atomic E-state index is -4.25. The molecule has 172 valence electrons. The molecule has 1 aliphatic heterocycles. The highest BCUT2D eigenvalue weighted by Gasteiger charge is 2.38. The van der Waals surface area contributed by atoms with Gasteiger partial charge in [-0.2, -0.15) is 0 Å². The Morgan fingerprint density at radius 2 is 2.03 bits per heavy atom. The van der Waals surface area contributed by atoms with Crippen LogP contribution in [0.2, 0.25) is 10.0 Å². The summed E-state index contributed by atoms with van der Waals surface area (Å²) in [6, 6.07) is 6.77. The molecule has 1 aromatic carbocycles. The van der Waals surface area contributed by atoms with E-state index in [0.717, 1.165) is 14.2 Å². The van der Waals surface area contributed by atoms with Crippen molar-refractivity contribution in [2.24, 2.45) is 0 Å². The molecule has 0 fully saturated rings. The van der Waals surface area contributed by atoms with Gasteiger partial charge in [0.2, 0.25) is 11.8 Å². The molecular weight excluding hydrogens is 527 g/mol. The number of thiophene rings is 1. The predicted molar refractivity (Wildman–Crippen MR) is 128 cm³/mol. The van der Waals surface area contributed by atoms with Crippen LogP contribution in [0.1, 0.15) is 12.1 Å². The van der Waals surface area contributed by atoms with Crippen molar-refractivity contribution in [2.45, 2.75) is 23.9 Å². The molecule has 13 heteroatoms. The second kappa shape index (κ2) is 9.82. The average Bonchev–Trinajstić information content (AvgIpc) is 3.47. The predicted octanol–water partition coefficient (Wildman–Crippen LogP) is 3.85. The Bertz CT molecular complexity index is 1320. The molecule has 4 rings (SSSR count). The van der Waals surface area contributed by atoms with Gasteiger partial charge in [0.15, 0.2) is 0 Å². The number of carbonyl (C=O) groups is 2. The van der Waals surface area contributed by atoms with Crippen LogP contribution >= 0.6 is 45.9 Å². The minimum absolute atomic E-state index is 0.0580. The van der Waals surface area contributed by atoms with Crippen LogP contribution in [-0.4, -0.2) is 35.6 Å². The number of halogens is 2. The number of rotatable bonds is 7. The second-order valence-corrected chi connectivity index (χ2v) is 11.2. The number of nitrogens with one attached hydrogen (secondary N) is 2. The van der Waals surface area contributed by atoms with Gasteiger partial charge in [-0.25, -0.2) is 13.4 Å². The van der Waals surface area contributed by atoms with E-state index < -0.39 is 34.3 Å². The molecule has 3 aromatic rings. The first-order valence-electron chi connectivity index (χ1n) is 9.47. The molecule has 0 aliphatic carbocycles. The first-order valence-corrected chi connectivity index (χ1v) is 13.4. The molecule has 2 N–H and O–H groups in total. The molecule has 0 saturated carbocycles. The van der Waals surface area contributed by atoms with Crippen molar-refractivity contribution < 1.29 is 18.0 Å². The van der Waals surface area contributed by atoms with E-state index in [1.54, 1.807) is 11.3 Å². The van der Waals surface area contributed by atoms with Crippen molar-refractivity contribution >= 4 is 67.7 Å². The summed E-state index contributed by atoms with van der Waals surface area (Å²) in [6.07, 6.45) is 1.98. The van der Waals surface area contributed by atoms with Crippen molar-refractivity contribution in [2.75, 3.05) is 0 Å². The van der Waals surface area contributed by atoms with Gasteiger partial charge in [0.1, 0.15) is 15.9 Å². The fourth-order valence-electron chi connectivity index (χ4n) is 3.07. The van der Waals surface area contributed by atoms with Gasteiger partial charge in [-0.1, -0.05) is 35.3 Å². The molecule has 33 heavy (non-hydrogen) atoms. The van der Waals surface area contributed by atoms with E-state index in [4.69, 9.17) is 23.2 Å². The summed E-state index contributed by atoms with van der Waals surface area (Å²) in [5, 5.41) is 9.67. The summed E-state index contributed by atoms with van der Waals surface area (Å²) in [5.74, 6) is -1.14. The topological polar surface area (TPSA) is 108 Å². The minimum Gasteiger partial charge on any atom is -0.350 e. The smallest absolute Gasteiger partial charge is 0.266 e. The molecule has 0 spiro atoms. The van der Waals surface area contributed by atoms with Gasteiger partial charge in [0.25, 0.3) is 10.0 Å². The molecule has 1 aliphatic rings. The number of thiazole rings is 1. The van der Waals surface area contributed by atoms with E-state index >= 15 is 0 Å². The third kappa shape index (κ3) is 5.07. The maximum absolute atomic E-state index is 13.2. The van der Waals surface area contributed by atoms with E-state index in [0.29, 0.717) is 5.69 Å². The number of aromatic nitrogens is 1. The van der Waals surface area contributed by atoms with E-state index in [1.165, 1.54) is 41.9 Å². The first-order chi connectivity index (χ1) is 15.8. The lowest BCUT2D eigenvalue weighted by Gasteiger charge is -2.31. The summed E-state index contributed by atoms with van der Waals surface area (Å²) < 4.78 is 27.2. The number of hydrogen-bond acceptors (Lipinski definition) is 7. The number of hydrogen-bond donors (Lipinski definition) is 2. The Kier molecular flexibility index (Phi) is 7.05. The number of benzene rings is 1. The molecular formula is C20H16Cl2N4O4S3. The zero-order valence-corrected chi connectivity index (χ0v) is 20.7. The third-order valence-electron chi connectivity index (χ3n) is 4.66. The molecule has 3 heterocycles. The summed E-state index contributed by atoms with van der Waals surface area (Å²) in [6.45, 7) is 0.151. The highest BCUT2D eigenvalue weighted by atomic mass is 35.5. The number of carbonyl (C=O) groups excluding carboxylic acids is 2. The highest BCUT2D eigenvalue weighted by molar-refractivity contribution is 7.89. The third-order valence-corrected chi connectivity index (χ3v) is 9.35. The average molecular weight is 543 g/mol. The Balaban J connectivity index is 1.47. The molecule has 1 atom stereocenters. The quantitative estimate of drug-likeness (QED) is 0.471. The number of amides is 2. The normalized spacial score (nSPS) is 16.0. The van der Waals surface area contributed by atoms with Gasteiger partial charge in [-0.05, 0) is 23.6 Å². The summed E-state index contributed by atoms with van der Waals surface area (Å²) in [4.78, 5) is 30.3. The SMILES string of the molecule is O=C(CC1C(=O)NC=CN1S(=O)(=O)c1cccc(Cl)c1Cl)NCc1csc(-c2cccs2)n1. The summed E-state index contributed by atoms with van der Waals surface area (Å²) in [7, 11) is -4.25. The lowest BCUT2D eigenvalue weighted by Crippen LogP contribution is -2.51. The Hall–Kier alpha value is -2.44. The van der Waals surface area contributed by atoms with Gasteiger partial charge in [0.05, 0.1) is 33.6 Å². The molecule has 0 bridgehead atoms. The van der Waals surface area contributed by atoms with Crippen LogP contribution in [0.3, 0.4) is 0 Å². The van der Waals surface area contributed by atoms with Crippen LogP contribution in [0.25, 0.3) is 9.88 Å². The van der Waals surface area contributed by atoms with Gasteiger partial charge < -0.3 is 10.6 Å². The highest BCUT2D eigenvalue weighted by Crippen LogP contribution is 2.33. The number of sulfonamides is 1. The number of nitrogens with zero attached hydrogens (tertiary/aromatic N) is 2. The lowest BCUT2D eigenvalue weighted by atomic mass is 10.1. The van der Waals surface area contributed by atoms with Gasteiger partial charge >= 0.3 is 0 Å². The molecule has 1 unspecified atom stereocenters. The van der Waals surface area contributed by atoms with Gasteiger partial charge in [0, 0.05) is 17.8 Å². The standard InChI is InChI=1S/C20H16Cl2N4O4S3/c21-13-3-1-5-16(18(13)22)33(29,30)26-7-6-23-19(28)14(26)9-17(27)24-10-12-11-32-20(25-12)15-4-2-8-31-15/h1-8,11,14H,9-10H2,(H,23,28)(H,24,27). The summed E-state index contributed by atoms with van der Waals surface area (Å²) >= 11 is 15.1. The van der Waals surface area contributed by atoms with Crippen LogP contribution < -0.4 is 10.6 Å². The molecule has 0 radical (unpaired) electrons. The van der Waals surface area contributed by atoms with Crippen LogP contribution in [0, 0.1) is 0 Å². The van der Waals surface area contributed by atoms with Crippen molar-refractivity contribution in [3.05, 3.63) is 69.2 Å². The Labute approximate surface area is 207 Å². The molecule has 2 amide bonds. The first kappa shape index (κ1) is 23.7. The van der Waals surface area contributed by atoms with Crippen molar-refractivity contribution in [1.82, 2.24) is 19.9 Å². The zero-order valence-electron chi connectivity index (χ0n) is 16.7. The summed E-state index contributed by atoms with van der Waals surface area (Å²) in [5.41, 5.74) is 0.667. The fourth-order valence-corrected chi connectivity index (χ4v) is 6.90.